The van der Waals surface area contributed by atoms with Crippen molar-refractivity contribution in [3.05, 3.63) is 70.8 Å². The summed E-state index contributed by atoms with van der Waals surface area (Å²) < 4.78 is 8.28. The summed E-state index contributed by atoms with van der Waals surface area (Å²) >= 11 is 0. The lowest BCUT2D eigenvalue weighted by Gasteiger charge is -2.29. The van der Waals surface area contributed by atoms with Gasteiger partial charge in [0, 0.05) is 21.9 Å². The van der Waals surface area contributed by atoms with Crippen LogP contribution in [0.1, 0.15) is 64.8 Å². The highest BCUT2D eigenvalue weighted by Crippen LogP contribution is 2.45. The topological polar surface area (TPSA) is 68.5 Å². The fourth-order valence-electron chi connectivity index (χ4n) is 5.56. The molecule has 1 aliphatic rings. The first-order valence-corrected chi connectivity index (χ1v) is 11.8. The predicted molar refractivity (Wildman–Crippen MR) is 135 cm³/mol. The number of fused-ring (bicyclic) bond motifs is 3. The monoisotopic (exact) mass is 455 g/mol. The molecule has 3 aromatic carbocycles. The highest BCUT2D eigenvalue weighted by Gasteiger charge is 2.31. The summed E-state index contributed by atoms with van der Waals surface area (Å²) in [6.45, 7) is 7.41. The van der Waals surface area contributed by atoms with Crippen LogP contribution in [0.15, 0.2) is 48.5 Å². The van der Waals surface area contributed by atoms with Crippen LogP contribution in [0, 0.1) is 13.8 Å². The highest BCUT2D eigenvalue weighted by molar-refractivity contribution is 6.26. The lowest BCUT2D eigenvalue weighted by atomic mass is 9.84. The van der Waals surface area contributed by atoms with E-state index in [0.29, 0.717) is 24.0 Å². The number of para-hydroxylation sites is 1. The molecule has 2 atom stereocenters. The molecule has 0 bridgehead atoms. The molecular weight excluding hydrogens is 426 g/mol. The Morgan fingerprint density at radius 3 is 2.26 bits per heavy atom. The second-order valence-electron chi connectivity index (χ2n) is 9.31. The molecule has 5 rings (SSSR count). The van der Waals surface area contributed by atoms with E-state index >= 15 is 0 Å². The number of aromatic nitrogens is 1. The first-order valence-electron chi connectivity index (χ1n) is 11.8. The van der Waals surface area contributed by atoms with Gasteiger partial charge in [-0.1, -0.05) is 42.5 Å². The van der Waals surface area contributed by atoms with Crippen LogP contribution >= 0.6 is 0 Å². The Morgan fingerprint density at radius 2 is 1.62 bits per heavy atom. The Bertz CT molecular complexity index is 1450. The molecule has 0 radical (unpaired) electrons. The molecule has 34 heavy (non-hydrogen) atoms. The van der Waals surface area contributed by atoms with E-state index in [4.69, 9.17) is 4.74 Å². The SMILES string of the molecule is CC(=O)c1c(-c2ccccc2C)c(C)c2c(c1C(C)=O)c1ccccc1n2[C@H]1CC[C@@H](O)CO1. The number of Topliss-reactive ketones (excluding diaryl/α,β-unsaturated/α-hetero) is 2. The van der Waals surface area contributed by atoms with Crippen molar-refractivity contribution in [1.29, 1.82) is 0 Å². The second-order valence-corrected chi connectivity index (χ2v) is 9.31. The van der Waals surface area contributed by atoms with Gasteiger partial charge < -0.3 is 14.4 Å². The van der Waals surface area contributed by atoms with E-state index in [1.807, 2.05) is 62.4 Å². The predicted octanol–water partition coefficient (Wildman–Crippen LogP) is 6.15. The van der Waals surface area contributed by atoms with E-state index in [1.54, 1.807) is 6.92 Å². The summed E-state index contributed by atoms with van der Waals surface area (Å²) in [4.78, 5) is 26.4. The number of hydrogen-bond acceptors (Lipinski definition) is 4. The molecule has 1 N–H and O–H groups in total. The van der Waals surface area contributed by atoms with Crippen LogP contribution < -0.4 is 0 Å². The quantitative estimate of drug-likeness (QED) is 0.375. The number of carbonyl (C=O) groups is 2. The zero-order chi connectivity index (χ0) is 24.1. The van der Waals surface area contributed by atoms with Gasteiger partial charge in [-0.15, -0.1) is 0 Å². The van der Waals surface area contributed by atoms with Crippen molar-refractivity contribution >= 4 is 33.4 Å². The van der Waals surface area contributed by atoms with E-state index in [9.17, 15) is 14.7 Å². The first kappa shape index (κ1) is 22.5. The van der Waals surface area contributed by atoms with Gasteiger partial charge >= 0.3 is 0 Å². The summed E-state index contributed by atoms with van der Waals surface area (Å²) in [5, 5.41) is 11.8. The van der Waals surface area contributed by atoms with Crippen LogP contribution in [0.4, 0.5) is 0 Å². The highest BCUT2D eigenvalue weighted by atomic mass is 16.5. The number of ketones is 2. The minimum absolute atomic E-state index is 0.123. The van der Waals surface area contributed by atoms with E-state index in [-0.39, 0.29) is 24.4 Å². The maximum absolute atomic E-state index is 13.2. The molecule has 0 unspecified atom stereocenters. The van der Waals surface area contributed by atoms with E-state index in [1.165, 1.54) is 6.92 Å². The number of hydrogen-bond donors (Lipinski definition) is 1. The number of aliphatic hydroxyl groups excluding tert-OH is 1. The van der Waals surface area contributed by atoms with Gasteiger partial charge in [0.05, 0.1) is 23.7 Å². The maximum Gasteiger partial charge on any atom is 0.161 e. The number of aliphatic hydroxyl groups is 1. The van der Waals surface area contributed by atoms with E-state index < -0.39 is 6.10 Å². The lowest BCUT2D eigenvalue weighted by molar-refractivity contribution is -0.0850. The average Bonchev–Trinajstić information content (AvgIpc) is 3.15. The van der Waals surface area contributed by atoms with Crippen LogP contribution in [-0.2, 0) is 4.74 Å². The molecule has 0 amide bonds. The molecule has 5 nitrogen and oxygen atoms in total. The molecule has 1 aliphatic heterocycles. The number of nitrogens with zero attached hydrogens (tertiary/aromatic N) is 1. The maximum atomic E-state index is 13.2. The van der Waals surface area contributed by atoms with Gasteiger partial charge in [0.15, 0.2) is 11.6 Å². The standard InChI is InChI=1S/C29H29NO4/c1-16-9-5-6-10-21(16)25-17(2)29-28(27(19(4)32)26(25)18(3)31)22-11-7-8-12-23(22)30(29)24-14-13-20(33)15-34-24/h5-12,20,24,33H,13-15H2,1-4H3/t20-,24-/m1/s1. The molecule has 1 aromatic heterocycles. The van der Waals surface area contributed by atoms with Gasteiger partial charge in [-0.05, 0) is 68.9 Å². The van der Waals surface area contributed by atoms with Gasteiger partial charge in [-0.25, -0.2) is 0 Å². The molecule has 174 valence electrons. The Labute approximate surface area is 199 Å². The van der Waals surface area contributed by atoms with Crippen molar-refractivity contribution in [2.24, 2.45) is 0 Å². The number of ether oxygens (including phenoxy) is 1. The number of aryl methyl sites for hydroxylation is 2. The van der Waals surface area contributed by atoms with Gasteiger partial charge in [0.2, 0.25) is 0 Å². The Balaban J connectivity index is 2.01. The van der Waals surface area contributed by atoms with Gasteiger partial charge in [-0.3, -0.25) is 9.59 Å². The smallest absolute Gasteiger partial charge is 0.161 e. The zero-order valence-electron chi connectivity index (χ0n) is 20.0. The molecule has 2 heterocycles. The van der Waals surface area contributed by atoms with Crippen LogP contribution in [-0.4, -0.2) is 34.0 Å². The second kappa shape index (κ2) is 8.49. The van der Waals surface area contributed by atoms with Gasteiger partial charge in [-0.2, -0.15) is 0 Å². The zero-order valence-corrected chi connectivity index (χ0v) is 20.0. The molecule has 5 heteroatoms. The van der Waals surface area contributed by atoms with Crippen molar-refractivity contribution in [3.63, 3.8) is 0 Å². The summed E-state index contributed by atoms with van der Waals surface area (Å²) in [6, 6.07) is 16.0. The molecular formula is C29H29NO4. The third-order valence-electron chi connectivity index (χ3n) is 7.03. The summed E-state index contributed by atoms with van der Waals surface area (Å²) in [6.07, 6.45) is 0.577. The third kappa shape index (κ3) is 3.39. The summed E-state index contributed by atoms with van der Waals surface area (Å²) in [5.74, 6) is -0.254. The lowest BCUT2D eigenvalue weighted by Crippen LogP contribution is -2.27. The Morgan fingerprint density at radius 1 is 0.941 bits per heavy atom. The van der Waals surface area contributed by atoms with Crippen LogP contribution in [0.5, 0.6) is 0 Å². The average molecular weight is 456 g/mol. The van der Waals surface area contributed by atoms with E-state index in [0.717, 1.165) is 44.1 Å². The summed E-state index contributed by atoms with van der Waals surface area (Å²) in [5.41, 5.74) is 6.57. The van der Waals surface area contributed by atoms with Gasteiger partial charge in [0.25, 0.3) is 0 Å². The number of benzene rings is 3. The molecule has 1 saturated heterocycles. The molecule has 0 aliphatic carbocycles. The Kier molecular flexibility index (Phi) is 5.62. The molecule has 4 aromatic rings. The number of rotatable bonds is 4. The summed E-state index contributed by atoms with van der Waals surface area (Å²) in [7, 11) is 0. The van der Waals surface area contributed by atoms with Crippen LogP contribution in [0.25, 0.3) is 32.9 Å². The molecule has 0 saturated carbocycles. The third-order valence-corrected chi connectivity index (χ3v) is 7.03. The van der Waals surface area contributed by atoms with Crippen molar-refractivity contribution < 1.29 is 19.4 Å². The fourth-order valence-corrected chi connectivity index (χ4v) is 5.56. The van der Waals surface area contributed by atoms with Crippen molar-refractivity contribution in [1.82, 2.24) is 4.57 Å². The van der Waals surface area contributed by atoms with Crippen molar-refractivity contribution in [2.45, 2.75) is 52.9 Å². The minimum Gasteiger partial charge on any atom is -0.391 e. The van der Waals surface area contributed by atoms with E-state index in [2.05, 4.69) is 4.57 Å². The molecule has 1 fully saturated rings. The largest absolute Gasteiger partial charge is 0.391 e. The van der Waals surface area contributed by atoms with Crippen LogP contribution in [0.3, 0.4) is 0 Å². The molecule has 0 spiro atoms. The Hall–Kier alpha value is -3.28. The fraction of sp³-hybridized carbons (Fsp3) is 0.310. The normalized spacial score (nSPS) is 18.5. The van der Waals surface area contributed by atoms with Crippen molar-refractivity contribution in [3.8, 4) is 11.1 Å². The van der Waals surface area contributed by atoms with Crippen LogP contribution in [0.2, 0.25) is 0 Å². The van der Waals surface area contributed by atoms with Crippen molar-refractivity contribution in [2.75, 3.05) is 6.61 Å². The number of carbonyl (C=O) groups excluding carboxylic acids is 2. The first-order chi connectivity index (χ1) is 16.3. The minimum atomic E-state index is -0.468. The van der Waals surface area contributed by atoms with Gasteiger partial charge in [0.1, 0.15) is 6.23 Å².